The summed E-state index contributed by atoms with van der Waals surface area (Å²) in [5.41, 5.74) is 7.08. The molecule has 0 heterocycles. The summed E-state index contributed by atoms with van der Waals surface area (Å²) < 4.78 is 0. The molecule has 1 aromatic carbocycles. The summed E-state index contributed by atoms with van der Waals surface area (Å²) in [7, 11) is 1.91. The van der Waals surface area contributed by atoms with E-state index in [0.29, 0.717) is 10.0 Å². The van der Waals surface area contributed by atoms with Crippen molar-refractivity contribution in [2.45, 2.75) is 24.4 Å². The Morgan fingerprint density at radius 3 is 2.53 bits per heavy atom. The molecule has 1 aliphatic carbocycles. The fourth-order valence-electron chi connectivity index (χ4n) is 1.92. The SMILES string of the molecule is CNC(c1ccc(Cl)cc1Cl)C1(N)CC1. The fraction of sp³-hybridized carbons (Fsp3) is 0.455. The van der Waals surface area contributed by atoms with Gasteiger partial charge in [-0.25, -0.2) is 0 Å². The van der Waals surface area contributed by atoms with Crippen molar-refractivity contribution in [3.63, 3.8) is 0 Å². The van der Waals surface area contributed by atoms with E-state index < -0.39 is 0 Å². The van der Waals surface area contributed by atoms with E-state index in [2.05, 4.69) is 5.32 Å². The van der Waals surface area contributed by atoms with Crippen molar-refractivity contribution >= 4 is 23.2 Å². The molecule has 1 unspecified atom stereocenters. The quantitative estimate of drug-likeness (QED) is 0.859. The predicted molar refractivity (Wildman–Crippen MR) is 64.4 cm³/mol. The molecule has 0 bridgehead atoms. The summed E-state index contributed by atoms with van der Waals surface area (Å²) >= 11 is 12.0. The number of benzene rings is 1. The van der Waals surface area contributed by atoms with Crippen molar-refractivity contribution < 1.29 is 0 Å². The minimum Gasteiger partial charge on any atom is -0.323 e. The minimum atomic E-state index is -0.133. The van der Waals surface area contributed by atoms with Gasteiger partial charge < -0.3 is 11.1 Å². The van der Waals surface area contributed by atoms with Gasteiger partial charge in [-0.3, -0.25) is 0 Å². The molecule has 4 heteroatoms. The van der Waals surface area contributed by atoms with Gasteiger partial charge >= 0.3 is 0 Å². The van der Waals surface area contributed by atoms with E-state index in [4.69, 9.17) is 28.9 Å². The van der Waals surface area contributed by atoms with Crippen molar-refractivity contribution in [2.24, 2.45) is 5.73 Å². The van der Waals surface area contributed by atoms with Crippen molar-refractivity contribution in [2.75, 3.05) is 7.05 Å². The predicted octanol–water partition coefficient (Wildman–Crippen LogP) is 2.75. The summed E-state index contributed by atoms with van der Waals surface area (Å²) in [6.07, 6.45) is 2.08. The van der Waals surface area contributed by atoms with Crippen LogP contribution in [-0.4, -0.2) is 12.6 Å². The maximum absolute atomic E-state index is 6.19. The highest BCUT2D eigenvalue weighted by atomic mass is 35.5. The molecule has 1 aliphatic rings. The van der Waals surface area contributed by atoms with Crippen LogP contribution in [0, 0.1) is 0 Å². The maximum atomic E-state index is 6.19. The van der Waals surface area contributed by atoms with Gasteiger partial charge in [-0.05, 0) is 37.6 Å². The molecule has 3 N–H and O–H groups in total. The van der Waals surface area contributed by atoms with Crippen LogP contribution in [0.5, 0.6) is 0 Å². The monoisotopic (exact) mass is 244 g/mol. The van der Waals surface area contributed by atoms with Crippen LogP contribution in [0.15, 0.2) is 18.2 Å². The molecule has 82 valence electrons. The first-order valence-electron chi connectivity index (χ1n) is 4.98. The number of nitrogens with two attached hydrogens (primary N) is 1. The van der Waals surface area contributed by atoms with E-state index in [0.717, 1.165) is 18.4 Å². The number of halogens is 2. The van der Waals surface area contributed by atoms with Crippen LogP contribution >= 0.6 is 23.2 Å². The Morgan fingerprint density at radius 1 is 1.40 bits per heavy atom. The first-order valence-corrected chi connectivity index (χ1v) is 5.73. The number of nitrogens with one attached hydrogen (secondary N) is 1. The van der Waals surface area contributed by atoms with Crippen molar-refractivity contribution in [1.82, 2.24) is 5.32 Å². The maximum Gasteiger partial charge on any atom is 0.0515 e. The van der Waals surface area contributed by atoms with Gasteiger partial charge in [0, 0.05) is 15.6 Å². The highest BCUT2D eigenvalue weighted by Gasteiger charge is 2.46. The molecular formula is C11H14Cl2N2. The molecule has 1 atom stereocenters. The molecule has 2 rings (SSSR count). The molecular weight excluding hydrogens is 231 g/mol. The fourth-order valence-corrected chi connectivity index (χ4v) is 2.44. The molecule has 0 radical (unpaired) electrons. The zero-order valence-electron chi connectivity index (χ0n) is 8.56. The minimum absolute atomic E-state index is 0.113. The highest BCUT2D eigenvalue weighted by Crippen LogP contribution is 2.45. The largest absolute Gasteiger partial charge is 0.323 e. The third-order valence-corrected chi connectivity index (χ3v) is 3.53. The van der Waals surface area contributed by atoms with E-state index in [1.807, 2.05) is 19.2 Å². The van der Waals surface area contributed by atoms with E-state index >= 15 is 0 Å². The summed E-state index contributed by atoms with van der Waals surface area (Å²) in [4.78, 5) is 0. The van der Waals surface area contributed by atoms with Crippen molar-refractivity contribution in [3.05, 3.63) is 33.8 Å². The number of rotatable bonds is 3. The molecule has 2 nitrogen and oxygen atoms in total. The Kier molecular flexibility index (Phi) is 2.95. The lowest BCUT2D eigenvalue weighted by atomic mass is 9.98. The lowest BCUT2D eigenvalue weighted by molar-refractivity contribution is 0.462. The first kappa shape index (κ1) is 11.2. The Morgan fingerprint density at radius 2 is 2.07 bits per heavy atom. The van der Waals surface area contributed by atoms with E-state index in [1.165, 1.54) is 0 Å². The van der Waals surface area contributed by atoms with Gasteiger partial charge in [0.05, 0.1) is 6.04 Å². The van der Waals surface area contributed by atoms with Gasteiger partial charge in [-0.2, -0.15) is 0 Å². The third-order valence-electron chi connectivity index (χ3n) is 2.96. The Bertz CT molecular complexity index is 375. The molecule has 0 aliphatic heterocycles. The molecule has 0 saturated heterocycles. The molecule has 1 aromatic rings. The number of likely N-dealkylation sites (N-methyl/N-ethyl adjacent to an activating group) is 1. The third kappa shape index (κ3) is 2.13. The second-order valence-electron chi connectivity index (χ2n) is 4.12. The standard InChI is InChI=1S/C11H14Cl2N2/c1-15-10(11(14)4-5-11)8-3-2-7(12)6-9(8)13/h2-3,6,10,15H,4-5,14H2,1H3. The van der Waals surface area contributed by atoms with Crippen LogP contribution in [0.4, 0.5) is 0 Å². The van der Waals surface area contributed by atoms with Gasteiger partial charge in [0.15, 0.2) is 0 Å². The normalized spacial score (nSPS) is 20.0. The highest BCUT2D eigenvalue weighted by molar-refractivity contribution is 6.35. The lowest BCUT2D eigenvalue weighted by Crippen LogP contribution is -2.38. The molecule has 1 saturated carbocycles. The molecule has 15 heavy (non-hydrogen) atoms. The topological polar surface area (TPSA) is 38.0 Å². The molecule has 0 aromatic heterocycles. The van der Waals surface area contributed by atoms with E-state index in [-0.39, 0.29) is 11.6 Å². The average molecular weight is 245 g/mol. The van der Waals surface area contributed by atoms with Crippen LogP contribution in [0.2, 0.25) is 10.0 Å². The van der Waals surface area contributed by atoms with Crippen LogP contribution in [0.3, 0.4) is 0 Å². The second kappa shape index (κ2) is 3.95. The van der Waals surface area contributed by atoms with Gasteiger partial charge in [0.2, 0.25) is 0 Å². The zero-order chi connectivity index (χ0) is 11.1. The molecule has 0 amide bonds. The molecule has 1 fully saturated rings. The van der Waals surface area contributed by atoms with Crippen molar-refractivity contribution in [3.8, 4) is 0 Å². The van der Waals surface area contributed by atoms with Gasteiger partial charge in [-0.15, -0.1) is 0 Å². The molecule has 0 spiro atoms. The van der Waals surface area contributed by atoms with E-state index in [1.54, 1.807) is 6.07 Å². The first-order chi connectivity index (χ1) is 7.07. The van der Waals surface area contributed by atoms with Crippen LogP contribution in [0.1, 0.15) is 24.4 Å². The van der Waals surface area contributed by atoms with Crippen LogP contribution in [0.25, 0.3) is 0 Å². The Hall–Kier alpha value is -0.280. The summed E-state index contributed by atoms with van der Waals surface area (Å²) in [5, 5.41) is 4.56. The second-order valence-corrected chi connectivity index (χ2v) is 4.96. The summed E-state index contributed by atoms with van der Waals surface area (Å²) in [6, 6.07) is 5.66. The van der Waals surface area contributed by atoms with Crippen LogP contribution in [-0.2, 0) is 0 Å². The summed E-state index contributed by atoms with van der Waals surface area (Å²) in [6.45, 7) is 0. The Labute approximate surface area is 99.7 Å². The summed E-state index contributed by atoms with van der Waals surface area (Å²) in [5.74, 6) is 0. The lowest BCUT2D eigenvalue weighted by Gasteiger charge is -2.24. The van der Waals surface area contributed by atoms with Gasteiger partial charge in [0.25, 0.3) is 0 Å². The smallest absolute Gasteiger partial charge is 0.0515 e. The van der Waals surface area contributed by atoms with E-state index in [9.17, 15) is 0 Å². The van der Waals surface area contributed by atoms with Gasteiger partial charge in [0.1, 0.15) is 0 Å². The Balaban J connectivity index is 2.34. The van der Waals surface area contributed by atoms with Gasteiger partial charge in [-0.1, -0.05) is 29.3 Å². The number of hydrogen-bond acceptors (Lipinski definition) is 2. The van der Waals surface area contributed by atoms with Crippen molar-refractivity contribution in [1.29, 1.82) is 0 Å². The average Bonchev–Trinajstić information content (AvgIpc) is 2.90. The number of hydrogen-bond donors (Lipinski definition) is 2. The zero-order valence-corrected chi connectivity index (χ0v) is 10.1. The van der Waals surface area contributed by atoms with Crippen LogP contribution < -0.4 is 11.1 Å².